The normalized spacial score (nSPS) is 12.0. The van der Waals surface area contributed by atoms with Crippen molar-refractivity contribution in [2.45, 2.75) is 38.7 Å². The molecule has 4 heteroatoms. The molecule has 0 radical (unpaired) electrons. The number of hydrogen-bond donors (Lipinski definition) is 2. The highest BCUT2D eigenvalue weighted by Crippen LogP contribution is 2.13. The molecule has 0 spiro atoms. The zero-order valence-corrected chi connectivity index (χ0v) is 12.7. The first-order chi connectivity index (χ1) is 9.49. The van der Waals surface area contributed by atoms with E-state index in [1.165, 1.54) is 5.56 Å². The van der Waals surface area contributed by atoms with Crippen LogP contribution in [0.15, 0.2) is 24.3 Å². The molecule has 1 atom stereocenters. The Kier molecular flexibility index (Phi) is 7.09. The van der Waals surface area contributed by atoms with Gasteiger partial charge in [-0.15, -0.1) is 0 Å². The van der Waals surface area contributed by atoms with Crippen LogP contribution in [-0.4, -0.2) is 37.8 Å². The second kappa shape index (κ2) is 8.59. The van der Waals surface area contributed by atoms with Crippen molar-refractivity contribution in [2.24, 2.45) is 0 Å². The predicted molar refractivity (Wildman–Crippen MR) is 83.0 cm³/mol. The number of carbonyl (C=O) groups excluding carboxylic acids is 1. The fourth-order valence-corrected chi connectivity index (χ4v) is 1.93. The average Bonchev–Trinajstić information content (AvgIpc) is 2.41. The summed E-state index contributed by atoms with van der Waals surface area (Å²) in [6.45, 7) is 2.41. The highest BCUT2D eigenvalue weighted by atomic mass is 16.3. The Morgan fingerprint density at radius 1 is 1.30 bits per heavy atom. The molecule has 1 amide bonds. The van der Waals surface area contributed by atoms with Crippen LogP contribution in [0.2, 0.25) is 0 Å². The summed E-state index contributed by atoms with van der Waals surface area (Å²) in [7, 11) is 4.02. The van der Waals surface area contributed by atoms with Crippen molar-refractivity contribution < 1.29 is 9.90 Å². The molecule has 0 fully saturated rings. The Hall–Kier alpha value is -1.55. The lowest BCUT2D eigenvalue weighted by atomic mass is 10.1. The minimum Gasteiger partial charge on any atom is -0.393 e. The Bertz CT molecular complexity index is 399. The Balaban J connectivity index is 2.23. The van der Waals surface area contributed by atoms with Gasteiger partial charge < -0.3 is 15.3 Å². The van der Waals surface area contributed by atoms with Gasteiger partial charge in [-0.25, -0.2) is 0 Å². The molecule has 0 bridgehead atoms. The van der Waals surface area contributed by atoms with Gasteiger partial charge >= 0.3 is 0 Å². The molecular weight excluding hydrogens is 252 g/mol. The van der Waals surface area contributed by atoms with E-state index in [-0.39, 0.29) is 12.0 Å². The van der Waals surface area contributed by atoms with Crippen LogP contribution >= 0.6 is 0 Å². The number of aryl methyl sites for hydroxylation is 1. The van der Waals surface area contributed by atoms with E-state index in [0.29, 0.717) is 13.0 Å². The van der Waals surface area contributed by atoms with Crippen molar-refractivity contribution in [3.05, 3.63) is 29.8 Å². The largest absolute Gasteiger partial charge is 0.393 e. The van der Waals surface area contributed by atoms with Crippen molar-refractivity contribution in [1.29, 1.82) is 0 Å². The second-order valence-corrected chi connectivity index (χ2v) is 5.40. The maximum absolute atomic E-state index is 11.7. The smallest absolute Gasteiger partial charge is 0.220 e. The van der Waals surface area contributed by atoms with Crippen LogP contribution in [0.25, 0.3) is 0 Å². The van der Waals surface area contributed by atoms with Crippen molar-refractivity contribution in [3.8, 4) is 0 Å². The Morgan fingerprint density at radius 2 is 1.95 bits per heavy atom. The van der Waals surface area contributed by atoms with Crippen molar-refractivity contribution in [2.75, 3.05) is 25.5 Å². The van der Waals surface area contributed by atoms with E-state index in [1.807, 2.05) is 14.1 Å². The third kappa shape index (κ3) is 6.57. The molecule has 4 nitrogen and oxygen atoms in total. The number of rotatable bonds is 8. The van der Waals surface area contributed by atoms with E-state index >= 15 is 0 Å². The summed E-state index contributed by atoms with van der Waals surface area (Å²) in [5.74, 6) is 0.0762. The van der Waals surface area contributed by atoms with Crippen LogP contribution in [0.4, 0.5) is 5.69 Å². The molecule has 0 aromatic heterocycles. The summed E-state index contributed by atoms with van der Waals surface area (Å²) < 4.78 is 0. The van der Waals surface area contributed by atoms with Crippen LogP contribution < -0.4 is 10.2 Å². The van der Waals surface area contributed by atoms with Crippen molar-refractivity contribution in [3.63, 3.8) is 0 Å². The standard InChI is InChI=1S/C16H26N2O2/c1-13(19)5-4-12-17-16(20)11-8-14-6-9-15(10-7-14)18(2)3/h6-7,9-10,13,19H,4-5,8,11-12H2,1-3H3,(H,17,20). The summed E-state index contributed by atoms with van der Waals surface area (Å²) in [4.78, 5) is 13.7. The maximum atomic E-state index is 11.7. The molecule has 0 aliphatic carbocycles. The average molecular weight is 278 g/mol. The predicted octanol–water partition coefficient (Wildman–Crippen LogP) is 1.96. The van der Waals surface area contributed by atoms with E-state index in [1.54, 1.807) is 6.92 Å². The molecular formula is C16H26N2O2. The molecule has 2 N–H and O–H groups in total. The second-order valence-electron chi connectivity index (χ2n) is 5.40. The number of aliphatic hydroxyl groups is 1. The summed E-state index contributed by atoms with van der Waals surface area (Å²) in [6.07, 6.45) is 2.53. The SMILES string of the molecule is CC(O)CCCNC(=O)CCc1ccc(N(C)C)cc1. The van der Waals surface area contributed by atoms with Gasteiger partial charge in [0.1, 0.15) is 0 Å². The lowest BCUT2D eigenvalue weighted by molar-refractivity contribution is -0.121. The quantitative estimate of drug-likeness (QED) is 0.715. The fraction of sp³-hybridized carbons (Fsp3) is 0.562. The van der Waals surface area contributed by atoms with Crippen LogP contribution in [0.5, 0.6) is 0 Å². The number of anilines is 1. The van der Waals surface area contributed by atoms with E-state index < -0.39 is 0 Å². The third-order valence-corrected chi connectivity index (χ3v) is 3.21. The van der Waals surface area contributed by atoms with Crippen LogP contribution in [0, 0.1) is 0 Å². The number of carbonyl (C=O) groups is 1. The van der Waals surface area contributed by atoms with Gasteiger partial charge in [0.05, 0.1) is 6.10 Å². The molecule has 0 aliphatic rings. The lowest BCUT2D eigenvalue weighted by Crippen LogP contribution is -2.25. The summed E-state index contributed by atoms with van der Waals surface area (Å²) >= 11 is 0. The Morgan fingerprint density at radius 3 is 2.50 bits per heavy atom. The van der Waals surface area contributed by atoms with Crippen LogP contribution in [0.3, 0.4) is 0 Å². The molecule has 0 saturated carbocycles. The summed E-state index contributed by atoms with van der Waals surface area (Å²) in [6, 6.07) is 8.26. The molecule has 0 saturated heterocycles. The van der Waals surface area contributed by atoms with Gasteiger partial charge in [-0.1, -0.05) is 12.1 Å². The molecule has 1 rings (SSSR count). The third-order valence-electron chi connectivity index (χ3n) is 3.21. The Labute approximate surface area is 121 Å². The van der Waals surface area contributed by atoms with E-state index in [9.17, 15) is 4.79 Å². The zero-order chi connectivity index (χ0) is 15.0. The minimum atomic E-state index is -0.290. The lowest BCUT2D eigenvalue weighted by Gasteiger charge is -2.12. The molecule has 112 valence electrons. The van der Waals surface area contributed by atoms with Gasteiger partial charge in [-0.2, -0.15) is 0 Å². The summed E-state index contributed by atoms with van der Waals surface area (Å²) in [5.41, 5.74) is 2.34. The number of amides is 1. The molecule has 0 aliphatic heterocycles. The van der Waals surface area contributed by atoms with E-state index in [4.69, 9.17) is 5.11 Å². The van der Waals surface area contributed by atoms with Gasteiger partial charge in [0.2, 0.25) is 5.91 Å². The molecule has 1 unspecified atom stereocenters. The van der Waals surface area contributed by atoms with Crippen molar-refractivity contribution in [1.82, 2.24) is 5.32 Å². The number of aliphatic hydroxyl groups excluding tert-OH is 1. The molecule has 1 aromatic rings. The molecule has 1 aromatic carbocycles. The highest BCUT2D eigenvalue weighted by Gasteiger charge is 2.03. The van der Waals surface area contributed by atoms with Gasteiger partial charge in [0.25, 0.3) is 0 Å². The number of benzene rings is 1. The first-order valence-electron chi connectivity index (χ1n) is 7.20. The van der Waals surface area contributed by atoms with Crippen LogP contribution in [0.1, 0.15) is 31.7 Å². The van der Waals surface area contributed by atoms with Crippen LogP contribution in [-0.2, 0) is 11.2 Å². The van der Waals surface area contributed by atoms with Gasteiger partial charge in [0.15, 0.2) is 0 Å². The monoisotopic (exact) mass is 278 g/mol. The molecule has 20 heavy (non-hydrogen) atoms. The van der Waals surface area contributed by atoms with Crippen molar-refractivity contribution >= 4 is 11.6 Å². The minimum absolute atomic E-state index is 0.0762. The first-order valence-corrected chi connectivity index (χ1v) is 7.20. The van der Waals surface area contributed by atoms with Gasteiger partial charge in [0, 0.05) is 32.7 Å². The van der Waals surface area contributed by atoms with Gasteiger partial charge in [-0.3, -0.25) is 4.79 Å². The zero-order valence-electron chi connectivity index (χ0n) is 12.7. The van der Waals surface area contributed by atoms with Gasteiger partial charge in [-0.05, 0) is 43.9 Å². The topological polar surface area (TPSA) is 52.6 Å². The number of nitrogens with zero attached hydrogens (tertiary/aromatic N) is 1. The number of hydrogen-bond acceptors (Lipinski definition) is 3. The number of nitrogens with one attached hydrogen (secondary N) is 1. The molecule has 0 heterocycles. The highest BCUT2D eigenvalue weighted by molar-refractivity contribution is 5.76. The maximum Gasteiger partial charge on any atom is 0.220 e. The first kappa shape index (κ1) is 16.5. The van der Waals surface area contributed by atoms with E-state index in [0.717, 1.165) is 24.9 Å². The fourth-order valence-electron chi connectivity index (χ4n) is 1.93. The van der Waals surface area contributed by atoms with E-state index in [2.05, 4.69) is 34.5 Å². The summed E-state index contributed by atoms with van der Waals surface area (Å²) in [5, 5.41) is 12.0.